The van der Waals surface area contributed by atoms with Gasteiger partial charge >= 0.3 is 0 Å². The van der Waals surface area contributed by atoms with Crippen LogP contribution in [-0.2, 0) is 24.2 Å². The fourth-order valence-corrected chi connectivity index (χ4v) is 3.39. The number of anilines is 2. The lowest BCUT2D eigenvalue weighted by molar-refractivity contribution is 0.146. The Hall–Kier alpha value is -2.90. The molecule has 0 fully saturated rings. The highest BCUT2D eigenvalue weighted by Gasteiger charge is 2.24. The molecule has 7 heteroatoms. The van der Waals surface area contributed by atoms with Gasteiger partial charge in [0.15, 0.2) is 5.82 Å². The second-order valence-electron chi connectivity index (χ2n) is 7.01. The van der Waals surface area contributed by atoms with E-state index in [1.165, 1.54) is 17.7 Å². The third-order valence-corrected chi connectivity index (χ3v) is 4.88. The van der Waals surface area contributed by atoms with Crippen LogP contribution in [0, 0.1) is 5.82 Å². The maximum absolute atomic E-state index is 13.4. The SMILES string of the molecule is COCCOc1ccc(CN2CCc3onc(Nc4cccc(F)c4)c3C2)cc1. The van der Waals surface area contributed by atoms with Crippen molar-refractivity contribution in [2.75, 3.05) is 32.2 Å². The largest absolute Gasteiger partial charge is 0.491 e. The predicted molar refractivity (Wildman–Crippen MR) is 108 cm³/mol. The highest BCUT2D eigenvalue weighted by molar-refractivity contribution is 5.60. The molecule has 1 aromatic heterocycles. The summed E-state index contributed by atoms with van der Waals surface area (Å²) < 4.78 is 29.5. The van der Waals surface area contributed by atoms with Crippen molar-refractivity contribution in [3.8, 4) is 5.75 Å². The minimum absolute atomic E-state index is 0.288. The number of fused-ring (bicyclic) bond motifs is 1. The molecule has 0 unspecified atom stereocenters. The van der Waals surface area contributed by atoms with Crippen LogP contribution in [0.4, 0.5) is 15.9 Å². The number of ether oxygens (including phenoxy) is 2. The van der Waals surface area contributed by atoms with Crippen molar-refractivity contribution in [1.82, 2.24) is 10.1 Å². The highest BCUT2D eigenvalue weighted by atomic mass is 19.1. The monoisotopic (exact) mass is 397 g/mol. The number of hydrogen-bond donors (Lipinski definition) is 1. The quantitative estimate of drug-likeness (QED) is 0.577. The molecule has 0 bridgehead atoms. The van der Waals surface area contributed by atoms with Crippen molar-refractivity contribution in [2.24, 2.45) is 0 Å². The van der Waals surface area contributed by atoms with E-state index in [4.69, 9.17) is 14.0 Å². The molecule has 4 rings (SSSR count). The van der Waals surface area contributed by atoms with Crippen molar-refractivity contribution in [3.05, 3.63) is 71.2 Å². The first kappa shape index (κ1) is 19.4. The average molecular weight is 397 g/mol. The Kier molecular flexibility index (Phi) is 6.07. The second-order valence-corrected chi connectivity index (χ2v) is 7.01. The summed E-state index contributed by atoms with van der Waals surface area (Å²) in [6.07, 6.45) is 0.797. The van der Waals surface area contributed by atoms with Crippen LogP contribution in [0.3, 0.4) is 0 Å². The zero-order valence-corrected chi connectivity index (χ0v) is 16.4. The Bertz CT molecular complexity index is 943. The molecule has 0 atom stereocenters. The minimum atomic E-state index is -0.288. The molecular weight excluding hydrogens is 373 g/mol. The minimum Gasteiger partial charge on any atom is -0.491 e. The summed E-state index contributed by atoms with van der Waals surface area (Å²) in [6.45, 7) is 3.56. The van der Waals surface area contributed by atoms with Crippen LogP contribution in [0.1, 0.15) is 16.9 Å². The number of methoxy groups -OCH3 is 1. The van der Waals surface area contributed by atoms with Gasteiger partial charge in [0, 0.05) is 38.9 Å². The molecule has 2 aromatic carbocycles. The Labute approximate surface area is 169 Å². The molecule has 1 aliphatic heterocycles. The molecule has 1 aliphatic rings. The van der Waals surface area contributed by atoms with Crippen LogP contribution in [0.15, 0.2) is 53.1 Å². The van der Waals surface area contributed by atoms with E-state index in [0.29, 0.717) is 24.7 Å². The first-order chi connectivity index (χ1) is 14.2. The van der Waals surface area contributed by atoms with E-state index < -0.39 is 0 Å². The summed E-state index contributed by atoms with van der Waals surface area (Å²) >= 11 is 0. The fraction of sp³-hybridized carbons (Fsp3) is 0.318. The maximum Gasteiger partial charge on any atom is 0.178 e. The number of hydrogen-bond acceptors (Lipinski definition) is 6. The molecule has 152 valence electrons. The van der Waals surface area contributed by atoms with Gasteiger partial charge in [0.1, 0.15) is 23.9 Å². The number of rotatable bonds is 8. The van der Waals surface area contributed by atoms with Crippen LogP contribution in [-0.4, -0.2) is 36.9 Å². The van der Waals surface area contributed by atoms with Gasteiger partial charge in [-0.15, -0.1) is 0 Å². The van der Waals surface area contributed by atoms with Gasteiger partial charge in [-0.05, 0) is 35.9 Å². The van der Waals surface area contributed by atoms with Crippen molar-refractivity contribution in [3.63, 3.8) is 0 Å². The second kappa shape index (κ2) is 9.07. The first-order valence-electron chi connectivity index (χ1n) is 9.64. The molecule has 29 heavy (non-hydrogen) atoms. The third-order valence-electron chi connectivity index (χ3n) is 4.88. The number of benzene rings is 2. The van der Waals surface area contributed by atoms with Crippen molar-refractivity contribution < 1.29 is 18.4 Å². The van der Waals surface area contributed by atoms with Crippen LogP contribution in [0.5, 0.6) is 5.75 Å². The zero-order chi connectivity index (χ0) is 20.1. The molecule has 0 radical (unpaired) electrons. The van der Waals surface area contributed by atoms with Gasteiger partial charge < -0.3 is 19.3 Å². The molecule has 2 heterocycles. The van der Waals surface area contributed by atoms with E-state index in [9.17, 15) is 4.39 Å². The van der Waals surface area contributed by atoms with E-state index in [2.05, 4.69) is 27.5 Å². The number of nitrogens with zero attached hydrogens (tertiary/aromatic N) is 2. The van der Waals surface area contributed by atoms with Gasteiger partial charge in [-0.2, -0.15) is 0 Å². The topological polar surface area (TPSA) is 59.8 Å². The van der Waals surface area contributed by atoms with Gasteiger partial charge in [0.2, 0.25) is 0 Å². The van der Waals surface area contributed by atoms with Crippen LogP contribution in [0.2, 0.25) is 0 Å². The summed E-state index contributed by atoms with van der Waals surface area (Å²) in [6, 6.07) is 14.5. The van der Waals surface area contributed by atoms with E-state index in [1.54, 1.807) is 19.2 Å². The smallest absolute Gasteiger partial charge is 0.178 e. The van der Waals surface area contributed by atoms with Crippen LogP contribution < -0.4 is 10.1 Å². The summed E-state index contributed by atoms with van der Waals surface area (Å²) in [5.41, 5.74) is 2.89. The summed E-state index contributed by atoms with van der Waals surface area (Å²) in [5, 5.41) is 7.32. The molecule has 0 saturated heterocycles. The van der Waals surface area contributed by atoms with Gasteiger partial charge in [-0.1, -0.05) is 23.4 Å². The average Bonchev–Trinajstić information content (AvgIpc) is 3.12. The van der Waals surface area contributed by atoms with Gasteiger partial charge in [0.05, 0.1) is 12.2 Å². The maximum atomic E-state index is 13.4. The van der Waals surface area contributed by atoms with Gasteiger partial charge in [0.25, 0.3) is 0 Å². The van der Waals surface area contributed by atoms with E-state index in [1.807, 2.05) is 12.1 Å². The lowest BCUT2D eigenvalue weighted by Gasteiger charge is -2.26. The zero-order valence-electron chi connectivity index (χ0n) is 16.4. The van der Waals surface area contributed by atoms with E-state index >= 15 is 0 Å². The van der Waals surface area contributed by atoms with Gasteiger partial charge in [-0.3, -0.25) is 4.90 Å². The molecular formula is C22H24FN3O3. The van der Waals surface area contributed by atoms with Crippen molar-refractivity contribution >= 4 is 11.5 Å². The molecule has 6 nitrogen and oxygen atoms in total. The summed E-state index contributed by atoms with van der Waals surface area (Å²) in [4.78, 5) is 2.34. The van der Waals surface area contributed by atoms with Gasteiger partial charge in [-0.25, -0.2) is 4.39 Å². The molecule has 0 amide bonds. The number of aromatic nitrogens is 1. The molecule has 0 spiro atoms. The van der Waals surface area contributed by atoms with E-state index in [-0.39, 0.29) is 5.82 Å². The van der Waals surface area contributed by atoms with Crippen LogP contribution >= 0.6 is 0 Å². The predicted octanol–water partition coefficient (Wildman–Crippen LogP) is 4.14. The lowest BCUT2D eigenvalue weighted by atomic mass is 10.1. The molecule has 1 N–H and O–H groups in total. The Balaban J connectivity index is 1.39. The molecule has 0 aliphatic carbocycles. The third kappa shape index (κ3) is 4.93. The van der Waals surface area contributed by atoms with E-state index in [0.717, 1.165) is 43.1 Å². The Morgan fingerprint density at radius 2 is 2.03 bits per heavy atom. The lowest BCUT2D eigenvalue weighted by Crippen LogP contribution is -2.29. The summed E-state index contributed by atoms with van der Waals surface area (Å²) in [7, 11) is 1.66. The number of nitrogens with one attached hydrogen (secondary N) is 1. The summed E-state index contributed by atoms with van der Waals surface area (Å²) in [5.74, 6) is 2.09. The normalized spacial score (nSPS) is 13.9. The standard InChI is InChI=1S/C22H24FN3O3/c1-27-11-12-28-19-7-5-16(6-8-19)14-26-10-9-21-20(15-26)22(25-29-21)24-18-4-2-3-17(23)13-18/h2-8,13H,9-12,14-15H2,1H3,(H,24,25). The van der Waals surface area contributed by atoms with Crippen LogP contribution in [0.25, 0.3) is 0 Å². The van der Waals surface area contributed by atoms with Crippen molar-refractivity contribution in [1.29, 1.82) is 0 Å². The Morgan fingerprint density at radius 3 is 2.83 bits per heavy atom. The number of halogens is 1. The first-order valence-corrected chi connectivity index (χ1v) is 9.64. The molecule has 0 saturated carbocycles. The highest BCUT2D eigenvalue weighted by Crippen LogP contribution is 2.29. The molecule has 3 aromatic rings. The fourth-order valence-electron chi connectivity index (χ4n) is 3.39. The van der Waals surface area contributed by atoms with Crippen molar-refractivity contribution in [2.45, 2.75) is 19.5 Å². The Morgan fingerprint density at radius 1 is 1.17 bits per heavy atom.